The largest absolute Gasteiger partial charge is 0.350 e. The summed E-state index contributed by atoms with van der Waals surface area (Å²) in [6.45, 7) is 0. The number of aryl methyl sites for hydroxylation is 1. The molecule has 11 heavy (non-hydrogen) atoms. The maximum atomic E-state index is 10.3. The first-order chi connectivity index (χ1) is 5.31. The van der Waals surface area contributed by atoms with Crippen LogP contribution in [0.1, 0.15) is 10.5 Å². The highest BCUT2D eigenvalue weighted by Gasteiger charge is 2.02. The van der Waals surface area contributed by atoms with Gasteiger partial charge in [-0.25, -0.2) is 0 Å². The molecule has 2 aromatic heterocycles. The summed E-state index contributed by atoms with van der Waals surface area (Å²) < 4.78 is 1.72. The van der Waals surface area contributed by atoms with E-state index in [1.165, 1.54) is 0 Å². The number of aromatic amines is 1. The van der Waals surface area contributed by atoms with E-state index in [9.17, 15) is 4.79 Å². The monoisotopic (exact) mass is 149 g/mol. The Morgan fingerprint density at radius 1 is 1.73 bits per heavy atom. The molecular weight excluding hydrogens is 142 g/mol. The number of carbonyl (C=O) groups excluding carboxylic acids is 1. The van der Waals surface area contributed by atoms with E-state index in [4.69, 9.17) is 0 Å². The second kappa shape index (κ2) is 1.95. The van der Waals surface area contributed by atoms with E-state index in [2.05, 4.69) is 10.1 Å². The quantitative estimate of drug-likeness (QED) is 0.607. The molecule has 0 aromatic carbocycles. The first-order valence-corrected chi connectivity index (χ1v) is 3.27. The van der Waals surface area contributed by atoms with Crippen LogP contribution in [-0.4, -0.2) is 21.1 Å². The lowest BCUT2D eigenvalue weighted by molar-refractivity contribution is 0.112. The molecule has 0 saturated carbocycles. The Morgan fingerprint density at radius 2 is 2.55 bits per heavy atom. The zero-order chi connectivity index (χ0) is 7.84. The summed E-state index contributed by atoms with van der Waals surface area (Å²) >= 11 is 0. The Kier molecular flexibility index (Phi) is 1.09. The molecule has 56 valence electrons. The first-order valence-electron chi connectivity index (χ1n) is 3.27. The van der Waals surface area contributed by atoms with E-state index in [1.807, 2.05) is 7.05 Å². The van der Waals surface area contributed by atoms with Crippen LogP contribution in [-0.2, 0) is 7.05 Å². The van der Waals surface area contributed by atoms with Crippen LogP contribution in [0.3, 0.4) is 0 Å². The van der Waals surface area contributed by atoms with Crippen molar-refractivity contribution in [3.8, 4) is 0 Å². The van der Waals surface area contributed by atoms with Crippen LogP contribution in [0.5, 0.6) is 0 Å². The fourth-order valence-corrected chi connectivity index (χ4v) is 1.12. The van der Waals surface area contributed by atoms with Crippen LogP contribution < -0.4 is 0 Å². The highest BCUT2D eigenvalue weighted by molar-refractivity contribution is 5.85. The highest BCUT2D eigenvalue weighted by atomic mass is 16.1. The van der Waals surface area contributed by atoms with Gasteiger partial charge < -0.3 is 4.98 Å². The standard InChI is InChI=1S/C7H7N3O/c1-10-7-2-5(4-11)9-6(7)3-8-10/h2-4,9H,1H3. The van der Waals surface area contributed by atoms with Gasteiger partial charge in [-0.2, -0.15) is 5.10 Å². The average molecular weight is 149 g/mol. The maximum absolute atomic E-state index is 10.3. The predicted octanol–water partition coefficient (Wildman–Crippen LogP) is 0.714. The average Bonchev–Trinajstić information content (AvgIpc) is 2.53. The molecule has 0 atom stereocenters. The lowest BCUT2D eigenvalue weighted by Gasteiger charge is -1.84. The summed E-state index contributed by atoms with van der Waals surface area (Å²) in [5, 5.41) is 4.00. The van der Waals surface area contributed by atoms with Gasteiger partial charge in [0.1, 0.15) is 0 Å². The van der Waals surface area contributed by atoms with E-state index in [1.54, 1.807) is 16.9 Å². The van der Waals surface area contributed by atoms with Crippen LogP contribution >= 0.6 is 0 Å². The zero-order valence-corrected chi connectivity index (χ0v) is 6.03. The van der Waals surface area contributed by atoms with Gasteiger partial charge in [0.05, 0.1) is 22.9 Å². The topological polar surface area (TPSA) is 50.7 Å². The molecule has 4 nitrogen and oxygen atoms in total. The second-order valence-corrected chi connectivity index (χ2v) is 2.41. The molecule has 0 aliphatic rings. The van der Waals surface area contributed by atoms with Gasteiger partial charge in [-0.15, -0.1) is 0 Å². The summed E-state index contributed by atoms with van der Waals surface area (Å²) in [6, 6.07) is 1.77. The van der Waals surface area contributed by atoms with Crippen molar-refractivity contribution in [2.75, 3.05) is 0 Å². The van der Waals surface area contributed by atoms with E-state index in [0.717, 1.165) is 17.3 Å². The molecule has 0 bridgehead atoms. The Hall–Kier alpha value is -1.58. The molecule has 2 rings (SSSR count). The van der Waals surface area contributed by atoms with Crippen LogP contribution in [0.4, 0.5) is 0 Å². The summed E-state index contributed by atoms with van der Waals surface area (Å²) in [6.07, 6.45) is 2.49. The Balaban J connectivity index is 2.79. The number of aromatic nitrogens is 3. The van der Waals surface area contributed by atoms with Crippen LogP contribution in [0, 0.1) is 0 Å². The predicted molar refractivity (Wildman–Crippen MR) is 40.5 cm³/mol. The zero-order valence-electron chi connectivity index (χ0n) is 6.03. The Labute approximate surface area is 62.8 Å². The summed E-state index contributed by atoms with van der Waals surface area (Å²) in [5.74, 6) is 0. The van der Waals surface area contributed by atoms with Crippen molar-refractivity contribution in [3.63, 3.8) is 0 Å². The smallest absolute Gasteiger partial charge is 0.166 e. The fourth-order valence-electron chi connectivity index (χ4n) is 1.12. The molecule has 0 aliphatic carbocycles. The summed E-state index contributed by atoms with van der Waals surface area (Å²) in [4.78, 5) is 13.2. The Bertz CT molecular complexity index is 399. The van der Waals surface area contributed by atoms with E-state index < -0.39 is 0 Å². The third-order valence-corrected chi connectivity index (χ3v) is 1.68. The molecule has 0 unspecified atom stereocenters. The van der Waals surface area contributed by atoms with Crippen LogP contribution in [0.25, 0.3) is 11.0 Å². The summed E-state index contributed by atoms with van der Waals surface area (Å²) in [5.41, 5.74) is 2.44. The highest BCUT2D eigenvalue weighted by Crippen LogP contribution is 2.11. The molecule has 4 heteroatoms. The third-order valence-electron chi connectivity index (χ3n) is 1.68. The van der Waals surface area contributed by atoms with Gasteiger partial charge in [0, 0.05) is 7.05 Å². The Morgan fingerprint density at radius 3 is 3.18 bits per heavy atom. The van der Waals surface area contributed by atoms with Gasteiger partial charge in [0.2, 0.25) is 0 Å². The number of aldehydes is 1. The molecule has 0 aliphatic heterocycles. The molecule has 0 saturated heterocycles. The van der Waals surface area contributed by atoms with Gasteiger partial charge in [-0.05, 0) is 6.07 Å². The van der Waals surface area contributed by atoms with Crippen LogP contribution in [0.2, 0.25) is 0 Å². The lowest BCUT2D eigenvalue weighted by Crippen LogP contribution is -1.87. The van der Waals surface area contributed by atoms with Gasteiger partial charge in [-0.3, -0.25) is 9.48 Å². The number of nitrogens with zero attached hydrogens (tertiary/aromatic N) is 2. The SMILES string of the molecule is Cn1ncc2[nH]c(C=O)cc21. The molecular formula is C7H7N3O. The van der Waals surface area contributed by atoms with Crippen molar-refractivity contribution < 1.29 is 4.79 Å². The molecule has 0 fully saturated rings. The minimum Gasteiger partial charge on any atom is -0.350 e. The number of hydrogen-bond acceptors (Lipinski definition) is 2. The van der Waals surface area contributed by atoms with Crippen LogP contribution in [0.15, 0.2) is 12.3 Å². The van der Waals surface area contributed by atoms with Crippen molar-refractivity contribution in [1.82, 2.24) is 14.8 Å². The summed E-state index contributed by atoms with van der Waals surface area (Å²) in [7, 11) is 1.84. The molecule has 2 heterocycles. The molecule has 0 amide bonds. The molecule has 2 aromatic rings. The second-order valence-electron chi connectivity index (χ2n) is 2.41. The minimum atomic E-state index is 0.591. The number of rotatable bonds is 1. The van der Waals surface area contributed by atoms with E-state index >= 15 is 0 Å². The van der Waals surface area contributed by atoms with Crippen molar-refractivity contribution in [3.05, 3.63) is 18.0 Å². The maximum Gasteiger partial charge on any atom is 0.166 e. The molecule has 0 spiro atoms. The van der Waals surface area contributed by atoms with Crippen molar-refractivity contribution in [2.45, 2.75) is 0 Å². The normalized spacial score (nSPS) is 10.6. The van der Waals surface area contributed by atoms with E-state index in [0.29, 0.717) is 5.69 Å². The van der Waals surface area contributed by atoms with Crippen molar-refractivity contribution in [1.29, 1.82) is 0 Å². The number of H-pyrrole nitrogens is 1. The molecule has 1 N–H and O–H groups in total. The fraction of sp³-hybridized carbons (Fsp3) is 0.143. The van der Waals surface area contributed by atoms with Gasteiger partial charge in [0.15, 0.2) is 6.29 Å². The van der Waals surface area contributed by atoms with Crippen molar-refractivity contribution >= 4 is 17.3 Å². The minimum absolute atomic E-state index is 0.591. The first kappa shape index (κ1) is 6.15. The number of nitrogens with one attached hydrogen (secondary N) is 1. The lowest BCUT2D eigenvalue weighted by atomic mass is 10.4. The van der Waals surface area contributed by atoms with Gasteiger partial charge in [-0.1, -0.05) is 0 Å². The molecule has 0 radical (unpaired) electrons. The number of fused-ring (bicyclic) bond motifs is 1. The van der Waals surface area contributed by atoms with Gasteiger partial charge >= 0.3 is 0 Å². The van der Waals surface area contributed by atoms with Crippen molar-refractivity contribution in [2.24, 2.45) is 7.05 Å². The number of hydrogen-bond donors (Lipinski definition) is 1. The van der Waals surface area contributed by atoms with Gasteiger partial charge in [0.25, 0.3) is 0 Å². The van der Waals surface area contributed by atoms with E-state index in [-0.39, 0.29) is 0 Å². The number of carbonyl (C=O) groups is 1. The third kappa shape index (κ3) is 0.756.